The molecule has 0 atom stereocenters. The zero-order chi connectivity index (χ0) is 9.10. The van der Waals surface area contributed by atoms with Crippen LogP contribution in [0.5, 0.6) is 0 Å². The molecule has 0 radical (unpaired) electrons. The first-order chi connectivity index (χ1) is 6.38. The van der Waals surface area contributed by atoms with Crippen LogP contribution in [0.25, 0.3) is 0 Å². The summed E-state index contributed by atoms with van der Waals surface area (Å²) in [5.41, 5.74) is 0. The molecule has 68 valence electrons. The summed E-state index contributed by atoms with van der Waals surface area (Å²) in [6.07, 6.45) is 4.05. The van der Waals surface area contributed by atoms with Gasteiger partial charge in [-0.3, -0.25) is 0 Å². The van der Waals surface area contributed by atoms with Gasteiger partial charge in [-0.05, 0) is 12.1 Å². The van der Waals surface area contributed by atoms with Crippen LogP contribution in [-0.2, 0) is 13.0 Å². The van der Waals surface area contributed by atoms with Crippen molar-refractivity contribution >= 4 is 11.3 Å². The molecule has 0 aliphatic heterocycles. The van der Waals surface area contributed by atoms with Gasteiger partial charge in [0.2, 0.25) is 0 Å². The molecule has 2 heterocycles. The summed E-state index contributed by atoms with van der Waals surface area (Å²) in [4.78, 5) is 5.05. The van der Waals surface area contributed by atoms with Gasteiger partial charge >= 0.3 is 0 Å². The third kappa shape index (κ3) is 1.96. The molecule has 0 fully saturated rings. The zero-order valence-corrected chi connectivity index (χ0v) is 7.75. The van der Waals surface area contributed by atoms with E-state index in [2.05, 4.69) is 4.98 Å². The molecule has 2 rings (SSSR count). The number of nitrogens with zero attached hydrogens (tertiary/aromatic N) is 1. The van der Waals surface area contributed by atoms with Crippen LogP contribution >= 0.6 is 11.3 Å². The van der Waals surface area contributed by atoms with Gasteiger partial charge in [0, 0.05) is 6.20 Å². The Bertz CT molecular complexity index is 367. The van der Waals surface area contributed by atoms with Crippen molar-refractivity contribution in [2.24, 2.45) is 0 Å². The van der Waals surface area contributed by atoms with E-state index in [1.165, 1.54) is 11.3 Å². The molecule has 0 unspecified atom stereocenters. The van der Waals surface area contributed by atoms with Crippen molar-refractivity contribution in [2.75, 3.05) is 0 Å². The highest BCUT2D eigenvalue weighted by Gasteiger charge is 2.03. The molecule has 0 bridgehead atoms. The summed E-state index contributed by atoms with van der Waals surface area (Å²) in [7, 11) is 0. The number of aromatic nitrogens is 1. The number of aliphatic hydroxyl groups is 1. The quantitative estimate of drug-likeness (QED) is 0.812. The first-order valence-electron chi connectivity index (χ1n) is 3.95. The van der Waals surface area contributed by atoms with Crippen molar-refractivity contribution in [2.45, 2.75) is 13.0 Å². The smallest absolute Gasteiger partial charge is 0.110 e. The molecule has 0 spiro atoms. The second-order valence-corrected chi connectivity index (χ2v) is 3.83. The van der Waals surface area contributed by atoms with Gasteiger partial charge in [0.15, 0.2) is 0 Å². The zero-order valence-electron chi connectivity index (χ0n) is 6.93. The lowest BCUT2D eigenvalue weighted by molar-refractivity contribution is 0.285. The molecule has 2 aromatic heterocycles. The topological polar surface area (TPSA) is 46.3 Å². The van der Waals surface area contributed by atoms with E-state index in [9.17, 15) is 0 Å². The maximum absolute atomic E-state index is 8.82. The molecular weight excluding hydrogens is 186 g/mol. The number of hydrogen-bond donors (Lipinski definition) is 1. The van der Waals surface area contributed by atoms with Crippen molar-refractivity contribution in [3.8, 4) is 0 Å². The Labute approximate surface area is 79.7 Å². The van der Waals surface area contributed by atoms with Gasteiger partial charge in [-0.1, -0.05) is 0 Å². The molecule has 13 heavy (non-hydrogen) atoms. The van der Waals surface area contributed by atoms with Crippen LogP contribution in [0.15, 0.2) is 29.0 Å². The van der Waals surface area contributed by atoms with Crippen molar-refractivity contribution in [1.82, 2.24) is 4.98 Å². The molecule has 1 N–H and O–H groups in total. The van der Waals surface area contributed by atoms with Crippen LogP contribution in [0, 0.1) is 0 Å². The van der Waals surface area contributed by atoms with Crippen LogP contribution in [0.2, 0.25) is 0 Å². The normalized spacial score (nSPS) is 10.5. The highest BCUT2D eigenvalue weighted by Crippen LogP contribution is 2.16. The highest BCUT2D eigenvalue weighted by atomic mass is 32.1. The monoisotopic (exact) mass is 195 g/mol. The van der Waals surface area contributed by atoms with Crippen molar-refractivity contribution < 1.29 is 9.52 Å². The minimum Gasteiger partial charge on any atom is -0.469 e. The van der Waals surface area contributed by atoms with Gasteiger partial charge in [0.1, 0.15) is 10.8 Å². The predicted octanol–water partition coefficient (Wildman–Crippen LogP) is 1.82. The number of hydrogen-bond acceptors (Lipinski definition) is 4. The fourth-order valence-corrected chi connectivity index (χ4v) is 1.86. The highest BCUT2D eigenvalue weighted by molar-refractivity contribution is 7.11. The largest absolute Gasteiger partial charge is 0.469 e. The van der Waals surface area contributed by atoms with Gasteiger partial charge in [0.05, 0.1) is 24.2 Å². The van der Waals surface area contributed by atoms with Crippen molar-refractivity contribution in [3.05, 3.63) is 40.2 Å². The summed E-state index contributed by atoms with van der Waals surface area (Å²) in [5, 5.41) is 9.80. The van der Waals surface area contributed by atoms with Gasteiger partial charge in [-0.25, -0.2) is 4.98 Å². The fourth-order valence-electron chi connectivity index (χ4n) is 1.07. The summed E-state index contributed by atoms with van der Waals surface area (Å²) in [5.74, 6) is 0.902. The van der Waals surface area contributed by atoms with Crippen molar-refractivity contribution in [3.63, 3.8) is 0 Å². The Balaban J connectivity index is 2.10. The van der Waals surface area contributed by atoms with E-state index in [1.54, 1.807) is 12.5 Å². The molecule has 0 saturated carbocycles. The standard InChI is InChI=1S/C9H9NO2S/c11-6-8-5-10-9(13-8)4-7-2-1-3-12-7/h1-3,5,11H,4,6H2. The number of furan rings is 1. The third-order valence-corrected chi connectivity index (χ3v) is 2.64. The molecule has 0 saturated heterocycles. The summed E-state index contributed by atoms with van der Waals surface area (Å²) in [6, 6.07) is 3.77. The molecule has 4 heteroatoms. The van der Waals surface area contributed by atoms with Crippen LogP contribution in [-0.4, -0.2) is 10.1 Å². The average Bonchev–Trinajstić information content (AvgIpc) is 2.76. The average molecular weight is 195 g/mol. The minimum atomic E-state index is 0.0653. The molecule has 3 nitrogen and oxygen atoms in total. The molecular formula is C9H9NO2S. The van der Waals surface area contributed by atoms with E-state index in [4.69, 9.17) is 9.52 Å². The van der Waals surface area contributed by atoms with Gasteiger partial charge in [-0.15, -0.1) is 11.3 Å². The molecule has 0 aromatic carbocycles. The molecule has 0 aliphatic carbocycles. The summed E-state index contributed by atoms with van der Waals surface area (Å²) < 4.78 is 5.18. The van der Waals surface area contributed by atoms with Crippen LogP contribution in [0.1, 0.15) is 15.6 Å². The van der Waals surface area contributed by atoms with Crippen LogP contribution in [0.3, 0.4) is 0 Å². The minimum absolute atomic E-state index is 0.0653. The third-order valence-electron chi connectivity index (χ3n) is 1.66. The maximum atomic E-state index is 8.82. The van der Waals surface area contributed by atoms with E-state index in [-0.39, 0.29) is 6.61 Å². The van der Waals surface area contributed by atoms with E-state index < -0.39 is 0 Å². The summed E-state index contributed by atoms with van der Waals surface area (Å²) in [6.45, 7) is 0.0653. The fraction of sp³-hybridized carbons (Fsp3) is 0.222. The van der Waals surface area contributed by atoms with Gasteiger partial charge in [0.25, 0.3) is 0 Å². The Morgan fingerprint density at radius 1 is 1.54 bits per heavy atom. The Kier molecular flexibility index (Phi) is 2.42. The second-order valence-electron chi connectivity index (χ2n) is 2.63. The molecule has 0 amide bonds. The number of thiazole rings is 1. The van der Waals surface area contributed by atoms with Gasteiger partial charge in [-0.2, -0.15) is 0 Å². The summed E-state index contributed by atoms with van der Waals surface area (Å²) >= 11 is 1.51. The van der Waals surface area contributed by atoms with E-state index >= 15 is 0 Å². The van der Waals surface area contributed by atoms with Gasteiger partial charge < -0.3 is 9.52 Å². The number of aliphatic hydroxyl groups excluding tert-OH is 1. The second kappa shape index (κ2) is 3.72. The SMILES string of the molecule is OCc1cnc(Cc2ccco2)s1. The molecule has 2 aromatic rings. The Morgan fingerprint density at radius 3 is 3.08 bits per heavy atom. The lowest BCUT2D eigenvalue weighted by Crippen LogP contribution is -1.81. The lowest BCUT2D eigenvalue weighted by atomic mass is 10.3. The van der Waals surface area contributed by atoms with Crippen LogP contribution < -0.4 is 0 Å². The van der Waals surface area contributed by atoms with Crippen LogP contribution in [0.4, 0.5) is 0 Å². The predicted molar refractivity (Wildman–Crippen MR) is 49.6 cm³/mol. The van der Waals surface area contributed by atoms with E-state index in [1.807, 2.05) is 12.1 Å². The Hall–Kier alpha value is -1.13. The maximum Gasteiger partial charge on any atom is 0.110 e. The first-order valence-corrected chi connectivity index (χ1v) is 4.77. The van der Waals surface area contributed by atoms with Crippen molar-refractivity contribution in [1.29, 1.82) is 0 Å². The lowest BCUT2D eigenvalue weighted by Gasteiger charge is -1.89. The molecule has 0 aliphatic rings. The first kappa shape index (κ1) is 8.47. The Morgan fingerprint density at radius 2 is 2.46 bits per heavy atom. The number of rotatable bonds is 3. The van der Waals surface area contributed by atoms with E-state index in [0.29, 0.717) is 6.42 Å². The van der Waals surface area contributed by atoms with E-state index in [0.717, 1.165) is 15.6 Å².